The highest BCUT2D eigenvalue weighted by atomic mass is 79.9. The van der Waals surface area contributed by atoms with E-state index in [0.29, 0.717) is 5.75 Å². The second-order valence-corrected chi connectivity index (χ2v) is 3.90. The quantitative estimate of drug-likeness (QED) is 0.741. The van der Waals surface area contributed by atoms with E-state index in [2.05, 4.69) is 15.9 Å². The van der Waals surface area contributed by atoms with Crippen molar-refractivity contribution in [3.8, 4) is 5.75 Å². The lowest BCUT2D eigenvalue weighted by molar-refractivity contribution is 0.481. The standard InChI is InChI=1S/C11H9BrO/c1-7-8-4-2-3-5-9(8)11(13)6-10(7)12/h2-6,13H,1H3. The number of aryl methyl sites for hydroxylation is 1. The predicted molar refractivity (Wildman–Crippen MR) is 58.0 cm³/mol. The topological polar surface area (TPSA) is 20.2 Å². The van der Waals surface area contributed by atoms with Crippen LogP contribution in [0.4, 0.5) is 0 Å². The molecule has 0 unspecified atom stereocenters. The lowest BCUT2D eigenvalue weighted by Gasteiger charge is -2.06. The normalized spacial score (nSPS) is 10.6. The number of benzene rings is 2. The third-order valence-corrected chi connectivity index (χ3v) is 3.05. The van der Waals surface area contributed by atoms with Gasteiger partial charge in [-0.15, -0.1) is 0 Å². The first-order chi connectivity index (χ1) is 6.20. The van der Waals surface area contributed by atoms with E-state index in [4.69, 9.17) is 0 Å². The van der Waals surface area contributed by atoms with Crippen LogP contribution in [0.2, 0.25) is 0 Å². The maximum absolute atomic E-state index is 9.65. The molecule has 0 aromatic heterocycles. The van der Waals surface area contributed by atoms with E-state index in [-0.39, 0.29) is 0 Å². The zero-order valence-corrected chi connectivity index (χ0v) is 8.80. The van der Waals surface area contributed by atoms with Crippen molar-refractivity contribution in [3.05, 3.63) is 40.4 Å². The van der Waals surface area contributed by atoms with Crippen molar-refractivity contribution in [2.45, 2.75) is 6.92 Å². The van der Waals surface area contributed by atoms with Crippen LogP contribution < -0.4 is 0 Å². The Morgan fingerprint density at radius 1 is 1.15 bits per heavy atom. The van der Waals surface area contributed by atoms with Gasteiger partial charge < -0.3 is 5.11 Å². The number of phenolic OH excluding ortho intramolecular Hbond substituents is 1. The molecule has 2 rings (SSSR count). The van der Waals surface area contributed by atoms with Crippen molar-refractivity contribution in [3.63, 3.8) is 0 Å². The van der Waals surface area contributed by atoms with Crippen LogP contribution in [-0.4, -0.2) is 5.11 Å². The molecule has 0 heterocycles. The number of hydrogen-bond donors (Lipinski definition) is 1. The Balaban J connectivity index is 2.97. The molecule has 0 fully saturated rings. The predicted octanol–water partition coefficient (Wildman–Crippen LogP) is 3.62. The van der Waals surface area contributed by atoms with Gasteiger partial charge in [-0.05, 0) is 23.9 Å². The van der Waals surface area contributed by atoms with Crippen molar-refractivity contribution in [2.75, 3.05) is 0 Å². The van der Waals surface area contributed by atoms with Crippen LogP contribution in [0.3, 0.4) is 0 Å². The van der Waals surface area contributed by atoms with Gasteiger partial charge in [-0.25, -0.2) is 0 Å². The van der Waals surface area contributed by atoms with E-state index >= 15 is 0 Å². The summed E-state index contributed by atoms with van der Waals surface area (Å²) < 4.78 is 0.948. The van der Waals surface area contributed by atoms with Gasteiger partial charge in [-0.1, -0.05) is 40.2 Å². The van der Waals surface area contributed by atoms with Crippen LogP contribution in [0.25, 0.3) is 10.8 Å². The Morgan fingerprint density at radius 3 is 2.46 bits per heavy atom. The van der Waals surface area contributed by atoms with Crippen molar-refractivity contribution in [1.29, 1.82) is 0 Å². The van der Waals surface area contributed by atoms with Gasteiger partial charge in [0.1, 0.15) is 5.75 Å². The van der Waals surface area contributed by atoms with Gasteiger partial charge >= 0.3 is 0 Å². The second kappa shape index (κ2) is 3.04. The first kappa shape index (κ1) is 8.57. The Labute approximate surface area is 85.1 Å². The van der Waals surface area contributed by atoms with Crippen LogP contribution in [0.15, 0.2) is 34.8 Å². The van der Waals surface area contributed by atoms with E-state index in [1.807, 2.05) is 31.2 Å². The number of hydrogen-bond acceptors (Lipinski definition) is 1. The van der Waals surface area contributed by atoms with E-state index in [1.165, 1.54) is 0 Å². The molecular formula is C11H9BrO. The largest absolute Gasteiger partial charge is 0.507 e. The minimum atomic E-state index is 0.327. The molecule has 1 nitrogen and oxygen atoms in total. The van der Waals surface area contributed by atoms with Crippen molar-refractivity contribution in [2.24, 2.45) is 0 Å². The minimum Gasteiger partial charge on any atom is -0.507 e. The van der Waals surface area contributed by atoms with E-state index in [0.717, 1.165) is 20.8 Å². The molecule has 0 aliphatic carbocycles. The monoisotopic (exact) mass is 236 g/mol. The fourth-order valence-corrected chi connectivity index (χ4v) is 1.90. The molecule has 0 spiro atoms. The zero-order chi connectivity index (χ0) is 9.42. The minimum absolute atomic E-state index is 0.327. The number of halogens is 1. The van der Waals surface area contributed by atoms with E-state index in [1.54, 1.807) is 6.07 Å². The molecule has 1 N–H and O–H groups in total. The highest BCUT2D eigenvalue weighted by Gasteiger charge is 2.04. The molecule has 2 aromatic rings. The zero-order valence-electron chi connectivity index (χ0n) is 7.21. The first-order valence-electron chi connectivity index (χ1n) is 4.07. The van der Waals surface area contributed by atoms with Gasteiger partial charge in [0.15, 0.2) is 0 Å². The van der Waals surface area contributed by atoms with Crippen LogP contribution in [0, 0.1) is 6.92 Å². The maximum atomic E-state index is 9.65. The van der Waals surface area contributed by atoms with Gasteiger partial charge in [-0.2, -0.15) is 0 Å². The average Bonchev–Trinajstić information content (AvgIpc) is 2.15. The molecule has 0 saturated carbocycles. The lowest BCUT2D eigenvalue weighted by Crippen LogP contribution is -1.80. The molecular weight excluding hydrogens is 228 g/mol. The summed E-state index contributed by atoms with van der Waals surface area (Å²) in [4.78, 5) is 0. The van der Waals surface area contributed by atoms with Gasteiger partial charge in [-0.3, -0.25) is 0 Å². The van der Waals surface area contributed by atoms with E-state index in [9.17, 15) is 5.11 Å². The SMILES string of the molecule is Cc1c(Br)cc(O)c2ccccc12. The van der Waals surface area contributed by atoms with Crippen molar-refractivity contribution < 1.29 is 5.11 Å². The van der Waals surface area contributed by atoms with Gasteiger partial charge in [0.25, 0.3) is 0 Å². The summed E-state index contributed by atoms with van der Waals surface area (Å²) >= 11 is 3.41. The lowest BCUT2D eigenvalue weighted by atomic mass is 10.1. The van der Waals surface area contributed by atoms with Crippen LogP contribution in [-0.2, 0) is 0 Å². The average molecular weight is 237 g/mol. The highest BCUT2D eigenvalue weighted by Crippen LogP contribution is 2.32. The summed E-state index contributed by atoms with van der Waals surface area (Å²) in [6.07, 6.45) is 0. The summed E-state index contributed by atoms with van der Waals surface area (Å²) in [6, 6.07) is 9.56. The Kier molecular flexibility index (Phi) is 2.00. The molecule has 13 heavy (non-hydrogen) atoms. The van der Waals surface area contributed by atoms with Gasteiger partial charge in [0.05, 0.1) is 0 Å². The third kappa shape index (κ3) is 1.31. The summed E-state index contributed by atoms with van der Waals surface area (Å²) in [5.41, 5.74) is 1.16. The smallest absolute Gasteiger partial charge is 0.124 e. The molecule has 0 atom stereocenters. The van der Waals surface area contributed by atoms with Crippen molar-refractivity contribution in [1.82, 2.24) is 0 Å². The molecule has 0 radical (unpaired) electrons. The molecule has 0 bridgehead atoms. The number of rotatable bonds is 0. The van der Waals surface area contributed by atoms with Crippen LogP contribution in [0.5, 0.6) is 5.75 Å². The highest BCUT2D eigenvalue weighted by molar-refractivity contribution is 9.10. The van der Waals surface area contributed by atoms with E-state index < -0.39 is 0 Å². The van der Waals surface area contributed by atoms with Crippen LogP contribution in [0.1, 0.15) is 5.56 Å². The maximum Gasteiger partial charge on any atom is 0.124 e. The molecule has 2 heteroatoms. The van der Waals surface area contributed by atoms with Gasteiger partial charge in [0.2, 0.25) is 0 Å². The molecule has 0 aliphatic rings. The molecule has 0 amide bonds. The number of fused-ring (bicyclic) bond motifs is 1. The second-order valence-electron chi connectivity index (χ2n) is 3.05. The summed E-state index contributed by atoms with van der Waals surface area (Å²) in [5.74, 6) is 0.327. The summed E-state index contributed by atoms with van der Waals surface area (Å²) in [6.45, 7) is 2.03. The third-order valence-electron chi connectivity index (χ3n) is 2.23. The van der Waals surface area contributed by atoms with Crippen LogP contribution >= 0.6 is 15.9 Å². The summed E-state index contributed by atoms with van der Waals surface area (Å²) in [7, 11) is 0. The van der Waals surface area contributed by atoms with Gasteiger partial charge in [0, 0.05) is 9.86 Å². The fraction of sp³-hybridized carbons (Fsp3) is 0.0909. The number of phenols is 1. The Morgan fingerprint density at radius 2 is 1.77 bits per heavy atom. The first-order valence-corrected chi connectivity index (χ1v) is 4.86. The molecule has 0 aliphatic heterocycles. The molecule has 0 saturated heterocycles. The summed E-state index contributed by atoms with van der Waals surface area (Å²) in [5, 5.41) is 11.6. The molecule has 2 aromatic carbocycles. The van der Waals surface area contributed by atoms with Crippen molar-refractivity contribution >= 4 is 26.7 Å². The Bertz CT molecular complexity index is 463. The fourth-order valence-electron chi connectivity index (χ4n) is 1.47. The Hall–Kier alpha value is -1.02. The number of aromatic hydroxyl groups is 1. The molecule has 66 valence electrons.